The van der Waals surface area contributed by atoms with Gasteiger partial charge >= 0.3 is 0 Å². The average Bonchev–Trinajstić information content (AvgIpc) is 3.06. The molecule has 1 aliphatic carbocycles. The van der Waals surface area contributed by atoms with Crippen molar-refractivity contribution in [1.82, 2.24) is 4.57 Å². The number of benzene rings is 1. The Hall–Kier alpha value is -2.03. The summed E-state index contributed by atoms with van der Waals surface area (Å²) in [6.45, 7) is 2.06. The number of nitrogens with zero attached hydrogens (tertiary/aromatic N) is 1. The first kappa shape index (κ1) is 13.0. The van der Waals surface area contributed by atoms with Gasteiger partial charge in [-0.2, -0.15) is 0 Å². The van der Waals surface area contributed by atoms with Crippen LogP contribution in [0.4, 0.5) is 0 Å². The zero-order valence-electron chi connectivity index (χ0n) is 11.8. The van der Waals surface area contributed by atoms with Crippen molar-refractivity contribution in [2.24, 2.45) is 5.73 Å². The third-order valence-corrected chi connectivity index (χ3v) is 4.24. The fourth-order valence-electron chi connectivity index (χ4n) is 3.34. The second kappa shape index (κ2) is 5.16. The molecule has 1 heterocycles. The molecule has 0 unspecified atom stereocenters. The molecule has 0 bridgehead atoms. The maximum Gasteiger partial charge on any atom is 0.265 e. The van der Waals surface area contributed by atoms with Crippen LogP contribution in [0.5, 0.6) is 0 Å². The van der Waals surface area contributed by atoms with E-state index in [1.165, 1.54) is 12.8 Å². The molecule has 1 saturated carbocycles. The number of amides is 1. The molecule has 1 aromatic heterocycles. The van der Waals surface area contributed by atoms with Gasteiger partial charge in [-0.05, 0) is 30.9 Å². The first-order chi connectivity index (χ1) is 9.68. The molecule has 1 aromatic carbocycles. The van der Waals surface area contributed by atoms with E-state index in [4.69, 9.17) is 5.73 Å². The highest BCUT2D eigenvalue weighted by Crippen LogP contribution is 2.36. The molecule has 2 aromatic rings. The van der Waals surface area contributed by atoms with Crippen LogP contribution >= 0.6 is 0 Å². The summed E-state index contributed by atoms with van der Waals surface area (Å²) in [6, 6.07) is 10.5. The van der Waals surface area contributed by atoms with Gasteiger partial charge in [0.05, 0.1) is 0 Å². The lowest BCUT2D eigenvalue weighted by Gasteiger charge is -2.15. The monoisotopic (exact) mass is 268 g/mol. The number of rotatable bonds is 3. The van der Waals surface area contributed by atoms with Crippen molar-refractivity contribution in [3.05, 3.63) is 47.8 Å². The number of hydrogen-bond acceptors (Lipinski definition) is 1. The van der Waals surface area contributed by atoms with E-state index in [2.05, 4.69) is 17.7 Å². The standard InChI is InChI=1S/C17H20N2O/c1-12-11-19(14-9-5-6-10-14)16(17(18)20)15(12)13-7-3-2-4-8-13/h2-4,7-8,11,14H,5-6,9-10H2,1H3,(H2,18,20). The molecule has 3 nitrogen and oxygen atoms in total. The van der Waals surface area contributed by atoms with Gasteiger partial charge in [0.1, 0.15) is 5.69 Å². The Balaban J connectivity index is 2.16. The van der Waals surface area contributed by atoms with Crippen LogP contribution in [0.25, 0.3) is 11.1 Å². The summed E-state index contributed by atoms with van der Waals surface area (Å²) in [7, 11) is 0. The first-order valence-electron chi connectivity index (χ1n) is 7.25. The summed E-state index contributed by atoms with van der Waals surface area (Å²) in [4.78, 5) is 12.0. The molecule has 1 fully saturated rings. The summed E-state index contributed by atoms with van der Waals surface area (Å²) in [6.07, 6.45) is 6.85. The average molecular weight is 268 g/mol. The number of aryl methyl sites for hydroxylation is 1. The SMILES string of the molecule is Cc1cn(C2CCCC2)c(C(N)=O)c1-c1ccccc1. The van der Waals surface area contributed by atoms with Gasteiger partial charge in [0, 0.05) is 17.8 Å². The molecule has 1 aliphatic rings. The van der Waals surface area contributed by atoms with Crippen molar-refractivity contribution in [2.75, 3.05) is 0 Å². The molecule has 104 valence electrons. The van der Waals surface area contributed by atoms with Gasteiger partial charge in [0.2, 0.25) is 0 Å². The number of aromatic nitrogens is 1. The van der Waals surface area contributed by atoms with Crippen LogP contribution in [0.2, 0.25) is 0 Å². The van der Waals surface area contributed by atoms with Crippen LogP contribution in [0.1, 0.15) is 47.8 Å². The van der Waals surface area contributed by atoms with Crippen LogP contribution < -0.4 is 5.73 Å². The van der Waals surface area contributed by atoms with Crippen LogP contribution in [0.15, 0.2) is 36.5 Å². The molecule has 0 saturated heterocycles. The predicted octanol–water partition coefficient (Wildman–Crippen LogP) is 3.68. The fraction of sp³-hybridized carbons (Fsp3) is 0.353. The normalized spacial score (nSPS) is 15.7. The Morgan fingerprint density at radius 2 is 1.85 bits per heavy atom. The zero-order valence-corrected chi connectivity index (χ0v) is 11.8. The number of carbonyl (C=O) groups is 1. The van der Waals surface area contributed by atoms with E-state index in [9.17, 15) is 4.79 Å². The molecule has 0 radical (unpaired) electrons. The van der Waals surface area contributed by atoms with Gasteiger partial charge < -0.3 is 10.3 Å². The summed E-state index contributed by atoms with van der Waals surface area (Å²) < 4.78 is 2.12. The Kier molecular flexibility index (Phi) is 3.35. The highest BCUT2D eigenvalue weighted by molar-refractivity contribution is 5.99. The van der Waals surface area contributed by atoms with E-state index in [0.717, 1.165) is 29.5 Å². The van der Waals surface area contributed by atoms with Crippen molar-refractivity contribution in [3.63, 3.8) is 0 Å². The molecule has 1 amide bonds. The Bertz CT molecular complexity index is 622. The lowest BCUT2D eigenvalue weighted by Crippen LogP contribution is -2.19. The Labute approximate surface area is 119 Å². The van der Waals surface area contributed by atoms with E-state index in [1.807, 2.05) is 30.3 Å². The number of primary amides is 1. The summed E-state index contributed by atoms with van der Waals surface area (Å²) >= 11 is 0. The first-order valence-corrected chi connectivity index (χ1v) is 7.25. The van der Waals surface area contributed by atoms with E-state index < -0.39 is 0 Å². The maximum absolute atomic E-state index is 12.0. The van der Waals surface area contributed by atoms with Crippen LogP contribution in [0.3, 0.4) is 0 Å². The van der Waals surface area contributed by atoms with Gasteiger partial charge in [-0.25, -0.2) is 0 Å². The summed E-state index contributed by atoms with van der Waals surface area (Å²) in [5, 5.41) is 0. The van der Waals surface area contributed by atoms with Gasteiger partial charge in [0.15, 0.2) is 0 Å². The third kappa shape index (κ3) is 2.13. The smallest absolute Gasteiger partial charge is 0.265 e. The molecule has 0 aliphatic heterocycles. The van der Waals surface area contributed by atoms with Gasteiger partial charge in [0.25, 0.3) is 5.91 Å². The number of carbonyl (C=O) groups excluding carboxylic acids is 1. The van der Waals surface area contributed by atoms with Crippen molar-refractivity contribution in [3.8, 4) is 11.1 Å². The summed E-state index contributed by atoms with van der Waals surface area (Å²) in [5.74, 6) is -0.330. The van der Waals surface area contributed by atoms with Crippen molar-refractivity contribution in [1.29, 1.82) is 0 Å². The van der Waals surface area contributed by atoms with Gasteiger partial charge in [-0.3, -0.25) is 4.79 Å². The predicted molar refractivity (Wildman–Crippen MR) is 80.6 cm³/mol. The minimum Gasteiger partial charge on any atom is -0.364 e. The molecule has 3 rings (SSSR count). The van der Waals surface area contributed by atoms with Crippen LogP contribution in [-0.4, -0.2) is 10.5 Å². The third-order valence-electron chi connectivity index (χ3n) is 4.24. The molecular formula is C17H20N2O. The highest BCUT2D eigenvalue weighted by Gasteiger charge is 2.25. The molecule has 0 atom stereocenters. The quantitative estimate of drug-likeness (QED) is 0.907. The maximum atomic E-state index is 12.0. The Morgan fingerprint density at radius 1 is 1.20 bits per heavy atom. The van der Waals surface area contributed by atoms with E-state index in [0.29, 0.717) is 11.7 Å². The van der Waals surface area contributed by atoms with E-state index >= 15 is 0 Å². The second-order valence-corrected chi connectivity index (χ2v) is 5.61. The van der Waals surface area contributed by atoms with Crippen molar-refractivity contribution < 1.29 is 4.79 Å². The largest absolute Gasteiger partial charge is 0.364 e. The lowest BCUT2D eigenvalue weighted by molar-refractivity contribution is 0.0990. The molecule has 2 N–H and O–H groups in total. The van der Waals surface area contributed by atoms with Crippen LogP contribution in [-0.2, 0) is 0 Å². The summed E-state index contributed by atoms with van der Waals surface area (Å²) in [5.41, 5.74) is 9.52. The van der Waals surface area contributed by atoms with Crippen molar-refractivity contribution >= 4 is 5.91 Å². The molecule has 20 heavy (non-hydrogen) atoms. The van der Waals surface area contributed by atoms with Crippen molar-refractivity contribution in [2.45, 2.75) is 38.6 Å². The Morgan fingerprint density at radius 3 is 2.45 bits per heavy atom. The molecule has 0 spiro atoms. The van der Waals surface area contributed by atoms with Gasteiger partial charge in [-0.15, -0.1) is 0 Å². The fourth-order valence-corrected chi connectivity index (χ4v) is 3.34. The minimum atomic E-state index is -0.330. The topological polar surface area (TPSA) is 48.0 Å². The van der Waals surface area contributed by atoms with E-state index in [-0.39, 0.29) is 5.91 Å². The van der Waals surface area contributed by atoms with Crippen LogP contribution in [0, 0.1) is 6.92 Å². The highest BCUT2D eigenvalue weighted by atomic mass is 16.1. The zero-order chi connectivity index (χ0) is 14.1. The molecule has 3 heteroatoms. The van der Waals surface area contributed by atoms with Gasteiger partial charge in [-0.1, -0.05) is 43.2 Å². The van der Waals surface area contributed by atoms with E-state index in [1.54, 1.807) is 0 Å². The minimum absolute atomic E-state index is 0.330. The number of hydrogen-bond donors (Lipinski definition) is 1. The number of nitrogens with two attached hydrogens (primary N) is 1. The lowest BCUT2D eigenvalue weighted by atomic mass is 10.0. The molecular weight excluding hydrogens is 248 g/mol. The second-order valence-electron chi connectivity index (χ2n) is 5.61.